The highest BCUT2D eigenvalue weighted by molar-refractivity contribution is 7.92. The Kier molecular flexibility index (Phi) is 4.57. The van der Waals surface area contributed by atoms with Crippen molar-refractivity contribution in [3.05, 3.63) is 66.5 Å². The summed E-state index contributed by atoms with van der Waals surface area (Å²) in [7, 11) is -7.73. The molecule has 26 heavy (non-hydrogen) atoms. The van der Waals surface area contributed by atoms with Crippen LogP contribution in [0.2, 0.25) is 0 Å². The molecule has 0 radical (unpaired) electrons. The molecule has 0 aliphatic heterocycles. The minimum Gasteiger partial charge on any atom is -0.280 e. The number of para-hydroxylation sites is 1. The van der Waals surface area contributed by atoms with Gasteiger partial charge in [-0.05, 0) is 43.3 Å². The molecule has 0 unspecified atom stereocenters. The minimum atomic E-state index is -3.89. The molecule has 3 N–H and O–H groups in total. The molecular weight excluding hydrogens is 376 g/mol. The number of hydrogen-bond acceptors (Lipinski definition) is 5. The zero-order valence-corrected chi connectivity index (χ0v) is 15.3. The lowest BCUT2D eigenvalue weighted by Gasteiger charge is -2.07. The van der Waals surface area contributed by atoms with Gasteiger partial charge in [-0.3, -0.25) is 4.72 Å². The van der Waals surface area contributed by atoms with Crippen LogP contribution in [-0.4, -0.2) is 26.6 Å². The molecule has 3 aromatic rings. The maximum Gasteiger partial charge on any atom is 0.265 e. The monoisotopic (exact) mass is 392 g/mol. The Morgan fingerprint density at radius 1 is 0.962 bits per heavy atom. The van der Waals surface area contributed by atoms with Gasteiger partial charge in [-0.15, -0.1) is 0 Å². The fourth-order valence-corrected chi connectivity index (χ4v) is 4.08. The summed E-state index contributed by atoms with van der Waals surface area (Å²) in [6.07, 6.45) is 1.42. The number of aromatic nitrogens is 2. The molecule has 8 nitrogen and oxygen atoms in total. The molecule has 0 amide bonds. The normalized spacial score (nSPS) is 12.1. The van der Waals surface area contributed by atoms with Gasteiger partial charge in [-0.25, -0.2) is 26.7 Å². The maximum atomic E-state index is 12.6. The van der Waals surface area contributed by atoms with Crippen LogP contribution < -0.4 is 9.86 Å². The predicted molar refractivity (Wildman–Crippen MR) is 96.9 cm³/mol. The van der Waals surface area contributed by atoms with Crippen molar-refractivity contribution in [2.24, 2.45) is 5.14 Å². The number of primary sulfonamides is 1. The van der Waals surface area contributed by atoms with E-state index in [9.17, 15) is 16.8 Å². The number of anilines is 1. The summed E-state index contributed by atoms with van der Waals surface area (Å²) >= 11 is 0. The van der Waals surface area contributed by atoms with E-state index in [2.05, 4.69) is 9.82 Å². The fraction of sp³-hybridized carbons (Fsp3) is 0.0625. The summed E-state index contributed by atoms with van der Waals surface area (Å²) in [6.45, 7) is 1.60. The van der Waals surface area contributed by atoms with Gasteiger partial charge in [0.25, 0.3) is 10.0 Å². The van der Waals surface area contributed by atoms with E-state index in [1.54, 1.807) is 6.92 Å². The molecule has 0 bridgehead atoms. The Balaban J connectivity index is 1.90. The standard InChI is InChI=1S/C16H16N4O4S2/c1-12-16(11-20(18-12)14-5-3-2-4-6-14)26(23,24)19-13-7-9-15(10-8-13)25(17,21)22/h2-11,19H,1H3,(H2,17,21,22). The first-order valence-corrected chi connectivity index (χ1v) is 10.5. The van der Waals surface area contributed by atoms with Gasteiger partial charge in [0.1, 0.15) is 4.90 Å². The van der Waals surface area contributed by atoms with E-state index in [-0.39, 0.29) is 15.5 Å². The second kappa shape index (κ2) is 6.56. The van der Waals surface area contributed by atoms with E-state index in [1.807, 2.05) is 30.3 Å². The molecule has 136 valence electrons. The van der Waals surface area contributed by atoms with Crippen LogP contribution in [-0.2, 0) is 20.0 Å². The van der Waals surface area contributed by atoms with Gasteiger partial charge >= 0.3 is 0 Å². The van der Waals surface area contributed by atoms with Gasteiger partial charge in [0.15, 0.2) is 0 Å². The number of benzene rings is 2. The number of rotatable bonds is 5. The largest absolute Gasteiger partial charge is 0.280 e. The highest BCUT2D eigenvalue weighted by Crippen LogP contribution is 2.21. The number of sulfonamides is 2. The van der Waals surface area contributed by atoms with Crippen LogP contribution in [0.25, 0.3) is 5.69 Å². The van der Waals surface area contributed by atoms with E-state index in [1.165, 1.54) is 35.1 Å². The highest BCUT2D eigenvalue weighted by Gasteiger charge is 2.21. The van der Waals surface area contributed by atoms with Crippen molar-refractivity contribution >= 4 is 25.7 Å². The molecule has 1 heterocycles. The van der Waals surface area contributed by atoms with E-state index in [0.717, 1.165) is 5.69 Å². The van der Waals surface area contributed by atoms with Gasteiger partial charge < -0.3 is 0 Å². The van der Waals surface area contributed by atoms with Gasteiger partial charge in [-0.1, -0.05) is 18.2 Å². The van der Waals surface area contributed by atoms with Crippen molar-refractivity contribution < 1.29 is 16.8 Å². The fourth-order valence-electron chi connectivity index (χ4n) is 2.34. The van der Waals surface area contributed by atoms with E-state index in [0.29, 0.717) is 5.69 Å². The van der Waals surface area contributed by atoms with E-state index < -0.39 is 20.0 Å². The first kappa shape index (κ1) is 18.1. The van der Waals surface area contributed by atoms with Gasteiger partial charge in [0.2, 0.25) is 10.0 Å². The van der Waals surface area contributed by atoms with Crippen molar-refractivity contribution in [3.8, 4) is 5.69 Å². The number of aryl methyl sites for hydroxylation is 1. The van der Waals surface area contributed by atoms with Crippen molar-refractivity contribution in [1.29, 1.82) is 0 Å². The topological polar surface area (TPSA) is 124 Å². The zero-order valence-electron chi connectivity index (χ0n) is 13.7. The molecule has 0 saturated heterocycles. The Labute approximate surface area is 151 Å². The molecule has 2 aromatic carbocycles. The van der Waals surface area contributed by atoms with Crippen LogP contribution >= 0.6 is 0 Å². The summed E-state index contributed by atoms with van der Waals surface area (Å²) in [5, 5.41) is 9.26. The second-order valence-electron chi connectivity index (χ2n) is 5.53. The van der Waals surface area contributed by atoms with Gasteiger partial charge in [-0.2, -0.15) is 5.10 Å². The summed E-state index contributed by atoms with van der Waals surface area (Å²) < 4.78 is 51.7. The lowest BCUT2D eigenvalue weighted by atomic mass is 10.3. The Morgan fingerprint density at radius 3 is 2.15 bits per heavy atom. The van der Waals surface area contributed by atoms with Crippen LogP contribution in [0.3, 0.4) is 0 Å². The average molecular weight is 392 g/mol. The van der Waals surface area contributed by atoms with Crippen molar-refractivity contribution in [1.82, 2.24) is 9.78 Å². The number of nitrogens with two attached hydrogens (primary N) is 1. The Morgan fingerprint density at radius 2 is 1.58 bits per heavy atom. The minimum absolute atomic E-state index is 0.0249. The van der Waals surface area contributed by atoms with Crippen molar-refractivity contribution in [2.75, 3.05) is 4.72 Å². The molecule has 10 heteroatoms. The number of hydrogen-bond donors (Lipinski definition) is 2. The van der Waals surface area contributed by atoms with Gasteiger partial charge in [0, 0.05) is 5.69 Å². The van der Waals surface area contributed by atoms with Crippen molar-refractivity contribution in [2.45, 2.75) is 16.7 Å². The SMILES string of the molecule is Cc1nn(-c2ccccc2)cc1S(=O)(=O)Nc1ccc(S(N)(=O)=O)cc1. The highest BCUT2D eigenvalue weighted by atomic mass is 32.2. The lowest BCUT2D eigenvalue weighted by molar-refractivity contribution is 0.597. The molecule has 0 spiro atoms. The smallest absolute Gasteiger partial charge is 0.265 e. The quantitative estimate of drug-likeness (QED) is 0.683. The number of nitrogens with one attached hydrogen (secondary N) is 1. The lowest BCUT2D eigenvalue weighted by Crippen LogP contribution is -2.14. The average Bonchev–Trinajstić information content (AvgIpc) is 2.98. The van der Waals surface area contributed by atoms with Crippen LogP contribution in [0.1, 0.15) is 5.69 Å². The molecule has 1 aromatic heterocycles. The molecule has 0 aliphatic carbocycles. The summed E-state index contributed by atoms with van der Waals surface area (Å²) in [6, 6.07) is 14.2. The zero-order chi connectivity index (χ0) is 18.9. The third kappa shape index (κ3) is 3.77. The molecule has 0 atom stereocenters. The van der Waals surface area contributed by atoms with E-state index >= 15 is 0 Å². The number of nitrogens with zero attached hydrogens (tertiary/aromatic N) is 2. The first-order valence-electron chi connectivity index (χ1n) is 7.44. The molecule has 0 aliphatic rings. The van der Waals surface area contributed by atoms with E-state index in [4.69, 9.17) is 5.14 Å². The van der Waals surface area contributed by atoms with Crippen molar-refractivity contribution in [3.63, 3.8) is 0 Å². The molecule has 3 rings (SSSR count). The van der Waals surface area contributed by atoms with Crippen LogP contribution in [0.15, 0.2) is 70.6 Å². The molecular formula is C16H16N4O4S2. The third-order valence-corrected chi connectivity index (χ3v) is 6.01. The Hall–Kier alpha value is -2.69. The summed E-state index contributed by atoms with van der Waals surface area (Å²) in [5.74, 6) is 0. The van der Waals surface area contributed by atoms with Crippen LogP contribution in [0, 0.1) is 6.92 Å². The van der Waals surface area contributed by atoms with Gasteiger partial charge in [0.05, 0.1) is 22.5 Å². The molecule has 0 fully saturated rings. The summed E-state index contributed by atoms with van der Waals surface area (Å²) in [4.78, 5) is -0.0783. The molecule has 0 saturated carbocycles. The maximum absolute atomic E-state index is 12.6. The predicted octanol–water partition coefficient (Wildman–Crippen LogP) is 1.63. The summed E-state index contributed by atoms with van der Waals surface area (Å²) in [5.41, 5.74) is 1.28. The second-order valence-corrected chi connectivity index (χ2v) is 8.75. The first-order chi connectivity index (χ1) is 12.2. The third-order valence-electron chi connectivity index (χ3n) is 3.60. The van der Waals surface area contributed by atoms with Crippen LogP contribution in [0.5, 0.6) is 0 Å². The van der Waals surface area contributed by atoms with Crippen LogP contribution in [0.4, 0.5) is 5.69 Å². The Bertz CT molecular complexity index is 1140.